The summed E-state index contributed by atoms with van der Waals surface area (Å²) < 4.78 is 3.34. The van der Waals surface area contributed by atoms with Crippen LogP contribution in [0.4, 0.5) is 0 Å². The van der Waals surface area contributed by atoms with Crippen molar-refractivity contribution in [3.63, 3.8) is 0 Å². The Bertz CT molecular complexity index is 930. The van der Waals surface area contributed by atoms with E-state index in [1.165, 1.54) is 6.20 Å². The molecule has 6 nitrogen and oxygen atoms in total. The third-order valence-electron chi connectivity index (χ3n) is 3.57. The lowest BCUT2D eigenvalue weighted by Crippen LogP contribution is -2.08. The van der Waals surface area contributed by atoms with Crippen LogP contribution in [0.3, 0.4) is 0 Å². The van der Waals surface area contributed by atoms with Gasteiger partial charge in [-0.2, -0.15) is 9.78 Å². The maximum Gasteiger partial charge on any atom is 0.341 e. The Morgan fingerprint density at radius 1 is 1.14 bits per heavy atom. The average Bonchev–Trinajstić information content (AvgIpc) is 3.24. The normalized spacial score (nSPS) is 11.1. The summed E-state index contributed by atoms with van der Waals surface area (Å²) in [6, 6.07) is 13.5. The Labute approximate surface area is 125 Å². The van der Waals surface area contributed by atoms with Crippen molar-refractivity contribution in [1.82, 2.24) is 19.3 Å². The fourth-order valence-electron chi connectivity index (χ4n) is 2.57. The van der Waals surface area contributed by atoms with Crippen LogP contribution in [-0.2, 0) is 0 Å². The molecule has 4 aromatic rings. The highest BCUT2D eigenvalue weighted by Gasteiger charge is 2.19. The Morgan fingerprint density at radius 3 is 2.64 bits per heavy atom. The number of rotatable bonds is 3. The van der Waals surface area contributed by atoms with Crippen molar-refractivity contribution in [3.05, 3.63) is 66.6 Å². The minimum Gasteiger partial charge on any atom is -0.477 e. The topological polar surface area (TPSA) is 75.8 Å². The maximum atomic E-state index is 11.5. The number of carboxylic acids is 1. The van der Waals surface area contributed by atoms with Crippen molar-refractivity contribution in [2.24, 2.45) is 0 Å². The number of H-pyrrole nitrogens is 1. The molecule has 0 bridgehead atoms. The van der Waals surface area contributed by atoms with Gasteiger partial charge in [-0.1, -0.05) is 18.2 Å². The molecule has 6 heteroatoms. The molecule has 0 amide bonds. The minimum absolute atomic E-state index is 0.148. The van der Waals surface area contributed by atoms with Gasteiger partial charge in [0, 0.05) is 23.3 Å². The smallest absolute Gasteiger partial charge is 0.341 e. The van der Waals surface area contributed by atoms with Gasteiger partial charge in [0.2, 0.25) is 0 Å². The number of aromatic nitrogens is 4. The first kappa shape index (κ1) is 12.5. The lowest BCUT2D eigenvalue weighted by Gasteiger charge is -2.07. The zero-order valence-corrected chi connectivity index (χ0v) is 11.5. The van der Waals surface area contributed by atoms with Crippen LogP contribution in [0, 0.1) is 0 Å². The summed E-state index contributed by atoms with van der Waals surface area (Å²) in [6.45, 7) is 0. The van der Waals surface area contributed by atoms with Gasteiger partial charge < -0.3 is 14.7 Å². The number of nitrogens with zero attached hydrogens (tertiary/aromatic N) is 3. The van der Waals surface area contributed by atoms with E-state index in [2.05, 4.69) is 10.1 Å². The van der Waals surface area contributed by atoms with Gasteiger partial charge in [-0.25, -0.2) is 4.79 Å². The van der Waals surface area contributed by atoms with E-state index >= 15 is 0 Å². The van der Waals surface area contributed by atoms with Crippen molar-refractivity contribution in [2.45, 2.75) is 0 Å². The number of fused-ring (bicyclic) bond motifs is 1. The predicted octanol–water partition coefficient (Wildman–Crippen LogP) is 2.84. The molecule has 0 unspecified atom stereocenters. The van der Waals surface area contributed by atoms with Crippen LogP contribution in [0.1, 0.15) is 10.4 Å². The second-order valence-electron chi connectivity index (χ2n) is 4.93. The van der Waals surface area contributed by atoms with Gasteiger partial charge in [-0.15, -0.1) is 0 Å². The van der Waals surface area contributed by atoms with E-state index in [1.807, 2.05) is 42.5 Å². The third kappa shape index (κ3) is 1.81. The average molecular weight is 292 g/mol. The van der Waals surface area contributed by atoms with Gasteiger partial charge in [-0.05, 0) is 24.3 Å². The molecule has 0 aliphatic carbocycles. The largest absolute Gasteiger partial charge is 0.477 e. The van der Waals surface area contributed by atoms with Crippen LogP contribution in [0.5, 0.6) is 0 Å². The van der Waals surface area contributed by atoms with Crippen molar-refractivity contribution >= 4 is 16.9 Å². The number of benzene rings is 1. The highest BCUT2D eigenvalue weighted by Crippen LogP contribution is 2.22. The van der Waals surface area contributed by atoms with E-state index in [9.17, 15) is 9.90 Å². The lowest BCUT2D eigenvalue weighted by molar-refractivity contribution is 0.0697. The first-order valence-electron chi connectivity index (χ1n) is 6.77. The number of nitrogens with one attached hydrogen (secondary N) is 1. The molecule has 3 aromatic heterocycles. The van der Waals surface area contributed by atoms with Crippen LogP contribution < -0.4 is 0 Å². The zero-order valence-electron chi connectivity index (χ0n) is 11.5. The molecule has 0 atom stereocenters. The van der Waals surface area contributed by atoms with Crippen LogP contribution >= 0.6 is 0 Å². The molecule has 3 heterocycles. The van der Waals surface area contributed by atoms with Crippen molar-refractivity contribution in [3.8, 4) is 11.6 Å². The lowest BCUT2D eigenvalue weighted by atomic mass is 10.2. The summed E-state index contributed by atoms with van der Waals surface area (Å²) in [5.41, 5.74) is 1.12. The molecule has 22 heavy (non-hydrogen) atoms. The second kappa shape index (κ2) is 4.63. The zero-order chi connectivity index (χ0) is 15.1. The summed E-state index contributed by atoms with van der Waals surface area (Å²) in [7, 11) is 0. The highest BCUT2D eigenvalue weighted by molar-refractivity contribution is 5.91. The molecule has 4 rings (SSSR count). The number of hydrogen-bond donors (Lipinski definition) is 2. The van der Waals surface area contributed by atoms with Crippen molar-refractivity contribution in [1.29, 1.82) is 0 Å². The molecule has 2 N–H and O–H groups in total. The van der Waals surface area contributed by atoms with Crippen LogP contribution in [-0.4, -0.2) is 30.4 Å². The molecule has 1 aromatic carbocycles. The van der Waals surface area contributed by atoms with Gasteiger partial charge in [-0.3, -0.25) is 0 Å². The Balaban J connectivity index is 1.97. The fraction of sp³-hybridized carbons (Fsp3) is 0. The number of carboxylic acid groups (broad SMARTS) is 1. The molecule has 0 aliphatic rings. The molecule has 0 fully saturated rings. The minimum atomic E-state index is -1.01. The van der Waals surface area contributed by atoms with E-state index in [0.717, 1.165) is 16.7 Å². The molecule has 0 saturated heterocycles. The summed E-state index contributed by atoms with van der Waals surface area (Å²) in [5, 5.41) is 14.7. The Hall–Kier alpha value is -3.28. The number of aromatic carboxylic acids is 1. The third-order valence-corrected chi connectivity index (χ3v) is 3.57. The molecule has 0 aliphatic heterocycles. The summed E-state index contributed by atoms with van der Waals surface area (Å²) in [4.78, 5) is 14.7. The molecular formula is C16H12N4O2. The fourth-order valence-corrected chi connectivity index (χ4v) is 2.57. The standard InChI is InChI=1S/C16H12N4O2/c21-16(22)12-10-17-20(15(12)19-7-3-4-8-19)14-9-11-5-1-2-6-13(11)18-14/h1-10,18H,(H,21,22). The highest BCUT2D eigenvalue weighted by atomic mass is 16.4. The van der Waals surface area contributed by atoms with Crippen LogP contribution in [0.2, 0.25) is 0 Å². The van der Waals surface area contributed by atoms with Gasteiger partial charge in [0.15, 0.2) is 5.82 Å². The second-order valence-corrected chi connectivity index (χ2v) is 4.93. The van der Waals surface area contributed by atoms with E-state index in [-0.39, 0.29) is 5.56 Å². The molecule has 108 valence electrons. The quantitative estimate of drug-likeness (QED) is 0.609. The molecule has 0 radical (unpaired) electrons. The maximum absolute atomic E-state index is 11.5. The van der Waals surface area contributed by atoms with E-state index in [0.29, 0.717) is 5.82 Å². The van der Waals surface area contributed by atoms with E-state index < -0.39 is 5.97 Å². The Kier molecular flexibility index (Phi) is 2.62. The number of hydrogen-bond acceptors (Lipinski definition) is 2. The van der Waals surface area contributed by atoms with E-state index in [4.69, 9.17) is 0 Å². The van der Waals surface area contributed by atoms with Gasteiger partial charge in [0.05, 0.1) is 6.20 Å². The first-order chi connectivity index (χ1) is 10.7. The monoisotopic (exact) mass is 292 g/mol. The number of para-hydroxylation sites is 1. The molecule has 0 saturated carbocycles. The Morgan fingerprint density at radius 2 is 1.91 bits per heavy atom. The predicted molar refractivity (Wildman–Crippen MR) is 81.7 cm³/mol. The van der Waals surface area contributed by atoms with Gasteiger partial charge >= 0.3 is 5.97 Å². The summed E-state index contributed by atoms with van der Waals surface area (Å²) in [6.07, 6.45) is 4.95. The van der Waals surface area contributed by atoms with E-state index in [1.54, 1.807) is 21.6 Å². The van der Waals surface area contributed by atoms with Crippen molar-refractivity contribution < 1.29 is 9.90 Å². The first-order valence-corrected chi connectivity index (χ1v) is 6.77. The molecule has 0 spiro atoms. The number of carbonyl (C=O) groups is 1. The van der Waals surface area contributed by atoms with Crippen LogP contribution in [0.15, 0.2) is 61.1 Å². The number of aromatic amines is 1. The summed E-state index contributed by atoms with van der Waals surface area (Å²) >= 11 is 0. The van der Waals surface area contributed by atoms with Crippen molar-refractivity contribution in [2.75, 3.05) is 0 Å². The van der Waals surface area contributed by atoms with Gasteiger partial charge in [0.25, 0.3) is 0 Å². The van der Waals surface area contributed by atoms with Gasteiger partial charge in [0.1, 0.15) is 11.4 Å². The van der Waals surface area contributed by atoms with Crippen LogP contribution in [0.25, 0.3) is 22.5 Å². The summed E-state index contributed by atoms with van der Waals surface area (Å²) in [5.74, 6) is 0.201. The molecular weight excluding hydrogens is 280 g/mol. The SMILES string of the molecule is O=C(O)c1cnn(-c2cc3ccccc3[nH]2)c1-n1cccc1.